The molecule has 0 aliphatic carbocycles. The highest BCUT2D eigenvalue weighted by Gasteiger charge is 2.11. The lowest BCUT2D eigenvalue weighted by Crippen LogP contribution is -2.16. The van der Waals surface area contributed by atoms with Gasteiger partial charge < -0.3 is 21.0 Å². The van der Waals surface area contributed by atoms with Crippen molar-refractivity contribution in [1.29, 1.82) is 0 Å². The molecule has 0 aliphatic heterocycles. The SMILES string of the molecule is COCC(N)c1cc(C(N)=NOC(C)=O)cs1. The number of nitrogens with zero attached hydrogens (tertiary/aromatic N) is 1. The van der Waals surface area contributed by atoms with Gasteiger partial charge in [0.25, 0.3) is 0 Å². The van der Waals surface area contributed by atoms with E-state index >= 15 is 0 Å². The molecule has 17 heavy (non-hydrogen) atoms. The number of hydrogen-bond donors (Lipinski definition) is 2. The molecule has 1 aromatic heterocycles. The standard InChI is InChI=1S/C10H15N3O3S/c1-6(14)16-13-10(12)7-3-9(17-5-7)8(11)4-15-2/h3,5,8H,4,11H2,1-2H3,(H2,12,13). The third kappa shape index (κ3) is 4.14. The lowest BCUT2D eigenvalue weighted by Gasteiger charge is -2.06. The second-order valence-electron chi connectivity index (χ2n) is 3.36. The molecule has 0 radical (unpaired) electrons. The van der Waals surface area contributed by atoms with Crippen LogP contribution in [-0.2, 0) is 14.4 Å². The van der Waals surface area contributed by atoms with E-state index in [1.54, 1.807) is 18.6 Å². The Bertz CT molecular complexity index is 417. The third-order valence-electron chi connectivity index (χ3n) is 1.90. The Labute approximate surface area is 103 Å². The fraction of sp³-hybridized carbons (Fsp3) is 0.400. The second-order valence-corrected chi connectivity index (χ2v) is 4.30. The molecule has 1 atom stereocenters. The van der Waals surface area contributed by atoms with E-state index in [9.17, 15) is 4.79 Å². The van der Waals surface area contributed by atoms with Crippen LogP contribution < -0.4 is 11.5 Å². The summed E-state index contributed by atoms with van der Waals surface area (Å²) >= 11 is 1.45. The number of thiophene rings is 1. The second kappa shape index (κ2) is 6.33. The van der Waals surface area contributed by atoms with Crippen molar-refractivity contribution < 1.29 is 14.4 Å². The van der Waals surface area contributed by atoms with Crippen molar-refractivity contribution in [3.05, 3.63) is 21.9 Å². The summed E-state index contributed by atoms with van der Waals surface area (Å²) in [6.45, 7) is 1.69. The first kappa shape index (κ1) is 13.6. The summed E-state index contributed by atoms with van der Waals surface area (Å²) in [5.74, 6) is -0.369. The van der Waals surface area contributed by atoms with Crippen LogP contribution in [0.4, 0.5) is 0 Å². The summed E-state index contributed by atoms with van der Waals surface area (Å²) in [6.07, 6.45) is 0. The van der Waals surface area contributed by atoms with Crippen LogP contribution >= 0.6 is 11.3 Å². The molecular formula is C10H15N3O3S. The van der Waals surface area contributed by atoms with Crippen LogP contribution in [0.15, 0.2) is 16.6 Å². The van der Waals surface area contributed by atoms with Gasteiger partial charge in [0, 0.05) is 29.9 Å². The van der Waals surface area contributed by atoms with Crippen LogP contribution in [0.1, 0.15) is 23.4 Å². The quantitative estimate of drug-likeness (QED) is 0.348. The predicted molar refractivity (Wildman–Crippen MR) is 65.6 cm³/mol. The zero-order valence-electron chi connectivity index (χ0n) is 9.67. The van der Waals surface area contributed by atoms with E-state index in [2.05, 4.69) is 9.99 Å². The monoisotopic (exact) mass is 257 g/mol. The molecule has 1 heterocycles. The molecule has 1 aromatic rings. The van der Waals surface area contributed by atoms with Gasteiger partial charge in [0.15, 0.2) is 5.84 Å². The fourth-order valence-corrected chi connectivity index (χ4v) is 2.00. The molecule has 94 valence electrons. The topological polar surface area (TPSA) is 99.9 Å². The van der Waals surface area contributed by atoms with Crippen LogP contribution in [0, 0.1) is 0 Å². The number of amidine groups is 1. The predicted octanol–water partition coefficient (Wildman–Crippen LogP) is 0.578. The van der Waals surface area contributed by atoms with Crippen LogP contribution in [0.3, 0.4) is 0 Å². The van der Waals surface area contributed by atoms with Gasteiger partial charge in [-0.2, -0.15) is 0 Å². The van der Waals surface area contributed by atoms with Crippen LogP contribution in [0.5, 0.6) is 0 Å². The number of ether oxygens (including phenoxy) is 1. The number of hydrogen-bond acceptors (Lipinski definition) is 6. The zero-order valence-corrected chi connectivity index (χ0v) is 10.5. The summed E-state index contributed by atoms with van der Waals surface area (Å²) < 4.78 is 4.96. The minimum atomic E-state index is -0.514. The first-order valence-corrected chi connectivity index (χ1v) is 5.77. The van der Waals surface area contributed by atoms with Crippen molar-refractivity contribution in [3.63, 3.8) is 0 Å². The highest BCUT2D eigenvalue weighted by Crippen LogP contribution is 2.20. The number of carbonyl (C=O) groups is 1. The Morgan fingerprint density at radius 3 is 2.94 bits per heavy atom. The molecule has 0 bridgehead atoms. The molecule has 0 saturated carbocycles. The molecule has 0 amide bonds. The first-order chi connectivity index (χ1) is 8.04. The Morgan fingerprint density at radius 1 is 1.65 bits per heavy atom. The average molecular weight is 257 g/mol. The van der Waals surface area contributed by atoms with E-state index in [0.29, 0.717) is 12.2 Å². The van der Waals surface area contributed by atoms with E-state index in [1.807, 2.05) is 0 Å². The maximum absolute atomic E-state index is 10.6. The van der Waals surface area contributed by atoms with Gasteiger partial charge in [0.05, 0.1) is 12.6 Å². The smallest absolute Gasteiger partial charge is 0.332 e. The Balaban J connectivity index is 2.73. The summed E-state index contributed by atoms with van der Waals surface area (Å²) in [6, 6.07) is 1.61. The van der Waals surface area contributed by atoms with E-state index in [1.165, 1.54) is 18.3 Å². The molecular weight excluding hydrogens is 242 g/mol. The minimum Gasteiger partial charge on any atom is -0.383 e. The van der Waals surface area contributed by atoms with Gasteiger partial charge in [-0.3, -0.25) is 0 Å². The summed E-state index contributed by atoms with van der Waals surface area (Å²) in [7, 11) is 1.59. The number of carbonyl (C=O) groups excluding carboxylic acids is 1. The highest BCUT2D eigenvalue weighted by atomic mass is 32.1. The van der Waals surface area contributed by atoms with Crippen molar-refractivity contribution in [2.24, 2.45) is 16.6 Å². The third-order valence-corrected chi connectivity index (χ3v) is 2.96. The molecule has 0 aliphatic rings. The van der Waals surface area contributed by atoms with Gasteiger partial charge >= 0.3 is 5.97 Å². The van der Waals surface area contributed by atoms with Crippen molar-refractivity contribution >= 4 is 23.1 Å². The van der Waals surface area contributed by atoms with Gasteiger partial charge in [0.1, 0.15) is 0 Å². The molecule has 1 rings (SSSR count). The number of oxime groups is 1. The molecule has 1 unspecified atom stereocenters. The van der Waals surface area contributed by atoms with E-state index in [-0.39, 0.29) is 11.9 Å². The summed E-state index contributed by atoms with van der Waals surface area (Å²) in [4.78, 5) is 15.9. The maximum atomic E-state index is 10.6. The van der Waals surface area contributed by atoms with Crippen LogP contribution in [0.25, 0.3) is 0 Å². The molecule has 6 nitrogen and oxygen atoms in total. The van der Waals surface area contributed by atoms with E-state index in [0.717, 1.165) is 4.88 Å². The maximum Gasteiger partial charge on any atom is 0.332 e. The van der Waals surface area contributed by atoms with Crippen LogP contribution in [0.2, 0.25) is 0 Å². The van der Waals surface area contributed by atoms with Gasteiger partial charge in [-0.1, -0.05) is 5.16 Å². The van der Waals surface area contributed by atoms with Gasteiger partial charge in [-0.05, 0) is 6.07 Å². The number of nitrogens with two attached hydrogens (primary N) is 2. The van der Waals surface area contributed by atoms with Crippen molar-refractivity contribution in [3.8, 4) is 0 Å². The lowest BCUT2D eigenvalue weighted by atomic mass is 10.2. The molecule has 0 saturated heterocycles. The van der Waals surface area contributed by atoms with Crippen molar-refractivity contribution in [2.75, 3.05) is 13.7 Å². The Kier molecular flexibility index (Phi) is 5.08. The first-order valence-electron chi connectivity index (χ1n) is 4.89. The zero-order chi connectivity index (χ0) is 12.8. The summed E-state index contributed by atoms with van der Waals surface area (Å²) in [5, 5.41) is 5.29. The lowest BCUT2D eigenvalue weighted by molar-refractivity contribution is -0.140. The van der Waals surface area contributed by atoms with Crippen molar-refractivity contribution in [2.45, 2.75) is 13.0 Å². The Hall–Kier alpha value is -1.44. The minimum absolute atomic E-state index is 0.146. The molecule has 7 heteroatoms. The normalized spacial score (nSPS) is 13.5. The van der Waals surface area contributed by atoms with Crippen LogP contribution in [-0.4, -0.2) is 25.5 Å². The number of rotatable bonds is 5. The van der Waals surface area contributed by atoms with E-state index in [4.69, 9.17) is 16.2 Å². The van der Waals surface area contributed by atoms with E-state index < -0.39 is 5.97 Å². The largest absolute Gasteiger partial charge is 0.383 e. The highest BCUT2D eigenvalue weighted by molar-refractivity contribution is 7.10. The van der Waals surface area contributed by atoms with Gasteiger partial charge in [-0.25, -0.2) is 4.79 Å². The summed E-state index contributed by atoms with van der Waals surface area (Å²) in [5.41, 5.74) is 12.2. The van der Waals surface area contributed by atoms with Gasteiger partial charge in [0.2, 0.25) is 0 Å². The Morgan fingerprint density at radius 2 is 2.35 bits per heavy atom. The van der Waals surface area contributed by atoms with Gasteiger partial charge in [-0.15, -0.1) is 11.3 Å². The molecule has 0 fully saturated rings. The molecule has 0 spiro atoms. The molecule has 4 N–H and O–H groups in total. The average Bonchev–Trinajstić information content (AvgIpc) is 2.75. The fourth-order valence-electron chi connectivity index (χ4n) is 1.11. The number of methoxy groups -OCH3 is 1. The molecule has 0 aromatic carbocycles. The van der Waals surface area contributed by atoms with Crippen molar-refractivity contribution in [1.82, 2.24) is 0 Å².